The molecule has 0 aromatic heterocycles. The number of halogens is 1. The third-order valence-corrected chi connectivity index (χ3v) is 4.91. The monoisotopic (exact) mass is 321 g/mol. The summed E-state index contributed by atoms with van der Waals surface area (Å²) in [7, 11) is 1.54. The molecule has 1 N–H and O–H groups in total. The minimum absolute atomic E-state index is 0.0990. The quantitative estimate of drug-likeness (QED) is 0.907. The van der Waals surface area contributed by atoms with E-state index < -0.39 is 0 Å². The molecule has 0 spiro atoms. The normalized spacial score (nSPS) is 21.2. The van der Waals surface area contributed by atoms with Crippen LogP contribution in [0.5, 0.6) is 0 Å². The second-order valence-corrected chi connectivity index (χ2v) is 6.45. The van der Waals surface area contributed by atoms with Crippen molar-refractivity contribution >= 4 is 29.3 Å². The highest BCUT2D eigenvalue weighted by molar-refractivity contribution is 7.99. The predicted octanol–water partition coefficient (Wildman–Crippen LogP) is 2.09. The Hall–Kier alpha value is -1.89. The standard InChI is InChI=1S/C15H16FN3O2S/c1-19-14(20)5-3-12(18-19)15(21)17-11-6-7-22-13-4-2-9(16)8-10(11)13/h2,4,8,11H,3,5-7H2,1H3,(H,17,21)/t11-/m1/s1. The fourth-order valence-electron chi connectivity index (χ4n) is 2.59. The molecule has 1 aromatic rings. The van der Waals surface area contributed by atoms with E-state index in [2.05, 4.69) is 10.4 Å². The van der Waals surface area contributed by atoms with Gasteiger partial charge in [0.2, 0.25) is 5.91 Å². The molecule has 2 aliphatic heterocycles. The first-order chi connectivity index (χ1) is 10.5. The lowest BCUT2D eigenvalue weighted by atomic mass is 10.0. The van der Waals surface area contributed by atoms with Gasteiger partial charge in [0.05, 0.1) is 6.04 Å². The number of rotatable bonds is 2. The molecular formula is C15H16FN3O2S. The van der Waals surface area contributed by atoms with Crippen molar-refractivity contribution in [3.05, 3.63) is 29.6 Å². The SMILES string of the molecule is CN1N=C(C(=O)N[C@@H]2CCSc3ccc(F)cc32)CCC1=O. The van der Waals surface area contributed by atoms with E-state index in [9.17, 15) is 14.0 Å². The van der Waals surface area contributed by atoms with Crippen molar-refractivity contribution in [1.82, 2.24) is 10.3 Å². The van der Waals surface area contributed by atoms with Crippen LogP contribution < -0.4 is 5.32 Å². The first kappa shape index (κ1) is 15.0. The number of carbonyl (C=O) groups excluding carboxylic acids is 2. The molecule has 0 aliphatic carbocycles. The average Bonchev–Trinajstić information content (AvgIpc) is 2.50. The summed E-state index contributed by atoms with van der Waals surface area (Å²) in [6.45, 7) is 0. The number of hydrogen-bond acceptors (Lipinski definition) is 4. The maximum atomic E-state index is 13.5. The van der Waals surface area contributed by atoms with E-state index in [0.29, 0.717) is 12.1 Å². The van der Waals surface area contributed by atoms with E-state index in [0.717, 1.165) is 22.6 Å². The molecule has 0 saturated carbocycles. The highest BCUT2D eigenvalue weighted by Gasteiger charge is 2.27. The Morgan fingerprint density at radius 2 is 2.27 bits per heavy atom. The molecular weight excluding hydrogens is 305 g/mol. The number of hydrazone groups is 1. The first-order valence-corrected chi connectivity index (χ1v) is 8.10. The summed E-state index contributed by atoms with van der Waals surface area (Å²) in [5, 5.41) is 8.13. The maximum Gasteiger partial charge on any atom is 0.267 e. The Labute approximate surface area is 131 Å². The number of carbonyl (C=O) groups is 2. The smallest absolute Gasteiger partial charge is 0.267 e. The summed E-state index contributed by atoms with van der Waals surface area (Å²) >= 11 is 1.66. The lowest BCUT2D eigenvalue weighted by Gasteiger charge is -2.27. The Morgan fingerprint density at radius 3 is 3.05 bits per heavy atom. The fourth-order valence-corrected chi connectivity index (χ4v) is 3.70. The third kappa shape index (κ3) is 2.99. The van der Waals surface area contributed by atoms with Crippen LogP contribution in [0, 0.1) is 5.82 Å². The summed E-state index contributed by atoms with van der Waals surface area (Å²) in [6, 6.07) is 4.44. The Balaban J connectivity index is 1.77. The van der Waals surface area contributed by atoms with Gasteiger partial charge >= 0.3 is 0 Å². The lowest BCUT2D eigenvalue weighted by molar-refractivity contribution is -0.130. The summed E-state index contributed by atoms with van der Waals surface area (Å²) in [4.78, 5) is 24.7. The Morgan fingerprint density at radius 1 is 1.45 bits per heavy atom. The van der Waals surface area contributed by atoms with Gasteiger partial charge in [0.15, 0.2) is 0 Å². The molecule has 3 rings (SSSR count). The molecule has 5 nitrogen and oxygen atoms in total. The van der Waals surface area contributed by atoms with Crippen LogP contribution in [0.4, 0.5) is 4.39 Å². The van der Waals surface area contributed by atoms with Crippen molar-refractivity contribution in [1.29, 1.82) is 0 Å². The second-order valence-electron chi connectivity index (χ2n) is 5.31. The summed E-state index contributed by atoms with van der Waals surface area (Å²) in [6.07, 6.45) is 1.37. The summed E-state index contributed by atoms with van der Waals surface area (Å²) < 4.78 is 13.5. The number of nitrogens with zero attached hydrogens (tertiary/aromatic N) is 2. The van der Waals surface area contributed by atoms with E-state index in [4.69, 9.17) is 0 Å². The van der Waals surface area contributed by atoms with Gasteiger partial charge in [-0.05, 0) is 30.2 Å². The van der Waals surface area contributed by atoms with Crippen LogP contribution in [0.15, 0.2) is 28.2 Å². The number of benzene rings is 1. The lowest BCUT2D eigenvalue weighted by Crippen LogP contribution is -2.40. The maximum absolute atomic E-state index is 13.5. The highest BCUT2D eigenvalue weighted by Crippen LogP contribution is 2.36. The molecule has 1 atom stereocenters. The summed E-state index contributed by atoms with van der Waals surface area (Å²) in [5.41, 5.74) is 1.16. The molecule has 0 bridgehead atoms. The molecule has 22 heavy (non-hydrogen) atoms. The van der Waals surface area contributed by atoms with Crippen LogP contribution in [0.25, 0.3) is 0 Å². The van der Waals surface area contributed by atoms with E-state index in [1.54, 1.807) is 17.8 Å². The number of hydrogen-bond donors (Lipinski definition) is 1. The fraction of sp³-hybridized carbons (Fsp3) is 0.400. The van der Waals surface area contributed by atoms with Gasteiger partial charge in [0, 0.05) is 30.5 Å². The van der Waals surface area contributed by atoms with Crippen molar-refractivity contribution in [2.75, 3.05) is 12.8 Å². The molecule has 0 saturated heterocycles. The predicted molar refractivity (Wildman–Crippen MR) is 82.1 cm³/mol. The number of thioether (sulfide) groups is 1. The second kappa shape index (κ2) is 6.08. The number of amides is 2. The minimum atomic E-state index is -0.305. The first-order valence-electron chi connectivity index (χ1n) is 7.12. The van der Waals surface area contributed by atoms with Gasteiger partial charge in [-0.2, -0.15) is 5.10 Å². The molecule has 2 amide bonds. The minimum Gasteiger partial charge on any atom is -0.344 e. The van der Waals surface area contributed by atoms with E-state index in [1.165, 1.54) is 24.2 Å². The van der Waals surface area contributed by atoms with Gasteiger partial charge in [-0.15, -0.1) is 11.8 Å². The zero-order chi connectivity index (χ0) is 15.7. The van der Waals surface area contributed by atoms with Crippen LogP contribution in [-0.2, 0) is 9.59 Å². The zero-order valence-electron chi connectivity index (χ0n) is 12.1. The van der Waals surface area contributed by atoms with Crippen LogP contribution in [0.1, 0.15) is 30.9 Å². The number of nitrogens with one attached hydrogen (secondary N) is 1. The van der Waals surface area contributed by atoms with Crippen molar-refractivity contribution in [3.8, 4) is 0 Å². The molecule has 1 aromatic carbocycles. The molecule has 0 fully saturated rings. The molecule has 2 heterocycles. The number of fused-ring (bicyclic) bond motifs is 1. The van der Waals surface area contributed by atoms with E-state index in [-0.39, 0.29) is 30.1 Å². The molecule has 0 unspecified atom stereocenters. The van der Waals surface area contributed by atoms with Gasteiger partial charge < -0.3 is 5.32 Å². The molecule has 2 aliphatic rings. The Kier molecular flexibility index (Phi) is 4.15. The van der Waals surface area contributed by atoms with Crippen LogP contribution in [0.2, 0.25) is 0 Å². The highest BCUT2D eigenvalue weighted by atomic mass is 32.2. The van der Waals surface area contributed by atoms with E-state index >= 15 is 0 Å². The molecule has 0 radical (unpaired) electrons. The van der Waals surface area contributed by atoms with E-state index in [1.807, 2.05) is 0 Å². The van der Waals surface area contributed by atoms with Crippen LogP contribution in [-0.4, -0.2) is 35.3 Å². The zero-order valence-corrected chi connectivity index (χ0v) is 13.0. The van der Waals surface area contributed by atoms with Crippen LogP contribution >= 0.6 is 11.8 Å². The molecule has 7 heteroatoms. The van der Waals surface area contributed by atoms with Crippen molar-refractivity contribution in [3.63, 3.8) is 0 Å². The van der Waals surface area contributed by atoms with Gasteiger partial charge in [0.25, 0.3) is 5.91 Å². The van der Waals surface area contributed by atoms with Crippen molar-refractivity contribution in [2.24, 2.45) is 5.10 Å². The summed E-state index contributed by atoms with van der Waals surface area (Å²) in [5.74, 6) is 0.180. The Bertz CT molecular complexity index is 662. The van der Waals surface area contributed by atoms with Crippen molar-refractivity contribution < 1.29 is 14.0 Å². The van der Waals surface area contributed by atoms with Crippen LogP contribution in [0.3, 0.4) is 0 Å². The molecule has 116 valence electrons. The third-order valence-electron chi connectivity index (χ3n) is 3.79. The van der Waals surface area contributed by atoms with Gasteiger partial charge in [-0.1, -0.05) is 0 Å². The van der Waals surface area contributed by atoms with Gasteiger partial charge in [-0.25, -0.2) is 9.40 Å². The topological polar surface area (TPSA) is 61.8 Å². The average molecular weight is 321 g/mol. The largest absolute Gasteiger partial charge is 0.344 e. The van der Waals surface area contributed by atoms with Gasteiger partial charge in [-0.3, -0.25) is 9.59 Å². The van der Waals surface area contributed by atoms with Crippen molar-refractivity contribution in [2.45, 2.75) is 30.2 Å². The van der Waals surface area contributed by atoms with Gasteiger partial charge in [0.1, 0.15) is 11.5 Å².